The van der Waals surface area contributed by atoms with Crippen LogP contribution >= 0.6 is 0 Å². The number of hydrogen-bond donors (Lipinski definition) is 4. The summed E-state index contributed by atoms with van der Waals surface area (Å²) in [5.74, 6) is 1.04. The molecule has 0 atom stereocenters. The first-order chi connectivity index (χ1) is 10.4. The molecular weight excluding hydrogens is 266 g/mol. The van der Waals surface area contributed by atoms with E-state index in [9.17, 15) is 0 Å². The van der Waals surface area contributed by atoms with Gasteiger partial charge in [0.15, 0.2) is 0 Å². The van der Waals surface area contributed by atoms with Gasteiger partial charge in [0.25, 0.3) is 0 Å². The van der Waals surface area contributed by atoms with Gasteiger partial charge >= 0.3 is 0 Å². The maximum atomic E-state index is 4.37. The third kappa shape index (κ3) is 3.69. The molecule has 0 aliphatic carbocycles. The molecule has 2 aromatic rings. The van der Waals surface area contributed by atoms with E-state index in [1.165, 1.54) is 0 Å². The number of anilines is 1. The van der Waals surface area contributed by atoms with Crippen molar-refractivity contribution < 1.29 is 0 Å². The topological polar surface area (TPSA) is 80.9 Å². The Balaban J connectivity index is 0.000000186. The third-order valence-corrected chi connectivity index (χ3v) is 3.71. The van der Waals surface area contributed by atoms with Gasteiger partial charge in [0.2, 0.25) is 0 Å². The van der Waals surface area contributed by atoms with E-state index in [1.54, 1.807) is 6.33 Å². The Morgan fingerprint density at radius 3 is 2.19 bits per heavy atom. The van der Waals surface area contributed by atoms with Crippen molar-refractivity contribution in [3.05, 3.63) is 18.6 Å². The number of rotatable bonds is 1. The van der Waals surface area contributed by atoms with Gasteiger partial charge in [-0.3, -0.25) is 0 Å². The Morgan fingerprint density at radius 1 is 0.857 bits per heavy atom. The molecule has 2 saturated heterocycles. The first-order valence-corrected chi connectivity index (χ1v) is 7.60. The second-order valence-electron chi connectivity index (χ2n) is 5.17. The van der Waals surface area contributed by atoms with E-state index >= 15 is 0 Å². The van der Waals surface area contributed by atoms with Crippen LogP contribution in [-0.4, -0.2) is 67.3 Å². The summed E-state index contributed by atoms with van der Waals surface area (Å²) in [4.78, 5) is 14.0. The molecule has 2 fully saturated rings. The molecule has 7 nitrogen and oxygen atoms in total. The number of piperazine rings is 2. The standard InChI is InChI=1S/C10H13N5.C4H10N2/c1-2-12-9-8(1)10(14-7-13-9)15-5-3-11-4-6-15;1-2-6-4-3-5-1/h1-2,7,11H,3-6H2,(H,12,13,14);5-6H,1-4H2. The Hall–Kier alpha value is -1.70. The van der Waals surface area contributed by atoms with Crippen molar-refractivity contribution in [1.29, 1.82) is 0 Å². The van der Waals surface area contributed by atoms with Crippen LogP contribution in [0.1, 0.15) is 0 Å². The molecule has 0 aromatic carbocycles. The molecule has 2 aliphatic rings. The zero-order chi connectivity index (χ0) is 14.3. The highest BCUT2D eigenvalue weighted by Crippen LogP contribution is 2.21. The lowest BCUT2D eigenvalue weighted by atomic mass is 10.3. The van der Waals surface area contributed by atoms with Gasteiger partial charge in [0.05, 0.1) is 5.39 Å². The highest BCUT2D eigenvalue weighted by molar-refractivity contribution is 5.87. The molecule has 2 aromatic heterocycles. The summed E-state index contributed by atoms with van der Waals surface area (Å²) < 4.78 is 0. The largest absolute Gasteiger partial charge is 0.353 e. The Bertz CT molecular complexity index is 531. The lowest BCUT2D eigenvalue weighted by Crippen LogP contribution is -2.43. The average Bonchev–Trinajstić information content (AvgIpc) is 3.06. The molecule has 21 heavy (non-hydrogen) atoms. The first-order valence-electron chi connectivity index (χ1n) is 7.60. The molecule has 0 amide bonds. The molecule has 0 spiro atoms. The van der Waals surface area contributed by atoms with E-state index in [1.807, 2.05) is 12.3 Å². The maximum Gasteiger partial charge on any atom is 0.142 e. The average molecular weight is 289 g/mol. The molecule has 0 unspecified atom stereocenters. The fourth-order valence-corrected chi connectivity index (χ4v) is 2.59. The monoisotopic (exact) mass is 289 g/mol. The molecule has 0 radical (unpaired) electrons. The van der Waals surface area contributed by atoms with Gasteiger partial charge in [-0.2, -0.15) is 0 Å². The Kier molecular flexibility index (Phi) is 4.99. The lowest BCUT2D eigenvalue weighted by molar-refractivity contribution is 0.534. The minimum absolute atomic E-state index is 0.915. The van der Waals surface area contributed by atoms with Crippen molar-refractivity contribution in [3.8, 4) is 0 Å². The second kappa shape index (κ2) is 7.35. The van der Waals surface area contributed by atoms with Crippen molar-refractivity contribution in [1.82, 2.24) is 30.9 Å². The summed E-state index contributed by atoms with van der Waals surface area (Å²) in [5.41, 5.74) is 0.915. The van der Waals surface area contributed by atoms with E-state index < -0.39 is 0 Å². The van der Waals surface area contributed by atoms with Gasteiger partial charge in [-0.25, -0.2) is 9.97 Å². The zero-order valence-corrected chi connectivity index (χ0v) is 12.2. The van der Waals surface area contributed by atoms with Crippen LogP contribution < -0.4 is 20.9 Å². The van der Waals surface area contributed by atoms with Crippen LogP contribution in [-0.2, 0) is 0 Å². The summed E-state index contributed by atoms with van der Waals surface area (Å²) in [6.07, 6.45) is 3.53. The van der Waals surface area contributed by atoms with Gasteiger partial charge in [0.1, 0.15) is 17.8 Å². The van der Waals surface area contributed by atoms with Crippen molar-refractivity contribution >= 4 is 16.9 Å². The fraction of sp³-hybridized carbons (Fsp3) is 0.571. The second-order valence-corrected chi connectivity index (χ2v) is 5.17. The SMILES string of the molecule is C1CNCCN1.c1nc(N2CCNCC2)c2cc[nH]c2n1. The lowest BCUT2D eigenvalue weighted by Gasteiger charge is -2.28. The summed E-state index contributed by atoms with van der Waals surface area (Å²) in [5, 5.41) is 10.9. The smallest absolute Gasteiger partial charge is 0.142 e. The number of H-pyrrole nitrogens is 1. The Morgan fingerprint density at radius 2 is 1.52 bits per heavy atom. The minimum atomic E-state index is 0.915. The number of aromatic amines is 1. The molecule has 4 N–H and O–H groups in total. The van der Waals surface area contributed by atoms with Crippen LogP contribution in [0.2, 0.25) is 0 Å². The highest BCUT2D eigenvalue weighted by atomic mass is 15.2. The number of aromatic nitrogens is 3. The quantitative estimate of drug-likeness (QED) is 0.569. The highest BCUT2D eigenvalue weighted by Gasteiger charge is 2.14. The molecule has 4 rings (SSSR count). The molecule has 0 saturated carbocycles. The predicted molar refractivity (Wildman–Crippen MR) is 84.7 cm³/mol. The van der Waals surface area contributed by atoms with Crippen molar-refractivity contribution in [3.63, 3.8) is 0 Å². The first kappa shape index (κ1) is 14.2. The van der Waals surface area contributed by atoms with E-state index in [4.69, 9.17) is 0 Å². The molecule has 7 heteroatoms. The molecule has 0 bridgehead atoms. The van der Waals surface area contributed by atoms with Crippen LogP contribution in [0.15, 0.2) is 18.6 Å². The number of hydrogen-bond acceptors (Lipinski definition) is 6. The summed E-state index contributed by atoms with van der Waals surface area (Å²) >= 11 is 0. The van der Waals surface area contributed by atoms with Gasteiger partial charge in [-0.05, 0) is 6.07 Å². The van der Waals surface area contributed by atoms with Crippen LogP contribution in [0.25, 0.3) is 11.0 Å². The van der Waals surface area contributed by atoms with Gasteiger partial charge in [-0.15, -0.1) is 0 Å². The van der Waals surface area contributed by atoms with Crippen LogP contribution in [0, 0.1) is 0 Å². The van der Waals surface area contributed by atoms with Crippen LogP contribution in [0.3, 0.4) is 0 Å². The Labute approximate surface area is 124 Å². The van der Waals surface area contributed by atoms with Gasteiger partial charge in [-0.1, -0.05) is 0 Å². The number of nitrogens with one attached hydrogen (secondary N) is 4. The molecule has 114 valence electrons. The summed E-state index contributed by atoms with van der Waals surface area (Å²) in [6, 6.07) is 2.03. The van der Waals surface area contributed by atoms with Gasteiger partial charge < -0.3 is 25.8 Å². The predicted octanol–water partition coefficient (Wildman–Crippen LogP) is -0.453. The van der Waals surface area contributed by atoms with E-state index in [0.29, 0.717) is 0 Å². The zero-order valence-electron chi connectivity index (χ0n) is 12.2. The number of fused-ring (bicyclic) bond motifs is 1. The van der Waals surface area contributed by atoms with Crippen LogP contribution in [0.5, 0.6) is 0 Å². The summed E-state index contributed by atoms with van der Waals surface area (Å²) in [7, 11) is 0. The van der Waals surface area contributed by atoms with Crippen molar-refractivity contribution in [2.24, 2.45) is 0 Å². The van der Waals surface area contributed by atoms with Crippen molar-refractivity contribution in [2.45, 2.75) is 0 Å². The van der Waals surface area contributed by atoms with Crippen molar-refractivity contribution in [2.75, 3.05) is 57.3 Å². The molecule has 2 aliphatic heterocycles. The maximum absolute atomic E-state index is 4.37. The van der Waals surface area contributed by atoms with E-state index in [0.717, 1.165) is 69.2 Å². The fourth-order valence-electron chi connectivity index (χ4n) is 2.59. The summed E-state index contributed by atoms with van der Waals surface area (Å²) in [6.45, 7) is 8.63. The normalized spacial score (nSPS) is 19.1. The van der Waals surface area contributed by atoms with E-state index in [2.05, 4.69) is 35.8 Å². The minimum Gasteiger partial charge on any atom is -0.353 e. The third-order valence-electron chi connectivity index (χ3n) is 3.71. The molecule has 4 heterocycles. The molecular formula is C14H23N7. The van der Waals surface area contributed by atoms with Gasteiger partial charge in [0, 0.05) is 58.6 Å². The number of nitrogens with zero attached hydrogens (tertiary/aromatic N) is 3. The van der Waals surface area contributed by atoms with Crippen LogP contribution in [0.4, 0.5) is 5.82 Å². The van der Waals surface area contributed by atoms with E-state index in [-0.39, 0.29) is 0 Å².